The van der Waals surface area contributed by atoms with Crippen molar-refractivity contribution in [1.29, 1.82) is 0 Å². The standard InChI is InChI=1S/C5H3BrN4/c6-4-1-2-8-3-5(4)9-10-7/h1-3H. The minimum absolute atomic E-state index is 0.505. The van der Waals surface area contributed by atoms with Gasteiger partial charge >= 0.3 is 0 Å². The van der Waals surface area contributed by atoms with Gasteiger partial charge in [0.2, 0.25) is 0 Å². The molecule has 1 rings (SSSR count). The van der Waals surface area contributed by atoms with Crippen LogP contribution in [0.5, 0.6) is 0 Å². The Morgan fingerprint density at radius 2 is 2.50 bits per heavy atom. The van der Waals surface area contributed by atoms with Gasteiger partial charge in [0.1, 0.15) is 0 Å². The predicted octanol–water partition coefficient (Wildman–Crippen LogP) is 2.79. The topological polar surface area (TPSA) is 61.7 Å². The fourth-order valence-electron chi connectivity index (χ4n) is 0.491. The first-order valence-electron chi connectivity index (χ1n) is 2.49. The monoisotopic (exact) mass is 198 g/mol. The summed E-state index contributed by atoms with van der Waals surface area (Å²) in [5, 5.41) is 3.38. The van der Waals surface area contributed by atoms with Crippen LogP contribution in [0.2, 0.25) is 0 Å². The number of hydrogen-bond acceptors (Lipinski definition) is 2. The van der Waals surface area contributed by atoms with Gasteiger partial charge in [-0.3, -0.25) is 4.98 Å². The molecule has 10 heavy (non-hydrogen) atoms. The quantitative estimate of drug-likeness (QED) is 0.389. The lowest BCUT2D eigenvalue weighted by molar-refractivity contribution is 1.28. The number of aromatic nitrogens is 1. The van der Waals surface area contributed by atoms with Gasteiger partial charge in [-0.05, 0) is 11.6 Å². The summed E-state index contributed by atoms with van der Waals surface area (Å²) in [6.45, 7) is 0. The minimum atomic E-state index is 0.505. The van der Waals surface area contributed by atoms with Crippen molar-refractivity contribution < 1.29 is 0 Å². The van der Waals surface area contributed by atoms with Crippen LogP contribution >= 0.6 is 15.9 Å². The van der Waals surface area contributed by atoms with Gasteiger partial charge in [0.25, 0.3) is 0 Å². The molecule has 5 heteroatoms. The first-order chi connectivity index (χ1) is 4.84. The van der Waals surface area contributed by atoms with Crippen molar-refractivity contribution in [2.45, 2.75) is 0 Å². The zero-order chi connectivity index (χ0) is 7.40. The zero-order valence-corrected chi connectivity index (χ0v) is 6.48. The molecule has 0 spiro atoms. The Morgan fingerprint density at radius 3 is 3.10 bits per heavy atom. The second kappa shape index (κ2) is 3.20. The average molecular weight is 199 g/mol. The molecule has 0 saturated heterocycles. The van der Waals surface area contributed by atoms with E-state index in [1.807, 2.05) is 0 Å². The Kier molecular flexibility index (Phi) is 2.25. The van der Waals surface area contributed by atoms with Crippen LogP contribution in [0.15, 0.2) is 28.0 Å². The number of rotatable bonds is 1. The molecular formula is C5H3BrN4. The lowest BCUT2D eigenvalue weighted by Gasteiger charge is -1.91. The van der Waals surface area contributed by atoms with Gasteiger partial charge in [-0.25, -0.2) is 0 Å². The molecule has 1 aromatic heterocycles. The summed E-state index contributed by atoms with van der Waals surface area (Å²) in [5.74, 6) is 0. The molecule has 0 N–H and O–H groups in total. The molecule has 0 unspecified atom stereocenters. The molecular weight excluding hydrogens is 196 g/mol. The Bertz CT molecular complexity index is 279. The molecule has 0 saturated carbocycles. The minimum Gasteiger partial charge on any atom is -0.264 e. The van der Waals surface area contributed by atoms with E-state index in [-0.39, 0.29) is 0 Å². The normalized spacial score (nSPS) is 8.50. The van der Waals surface area contributed by atoms with E-state index in [0.29, 0.717) is 5.69 Å². The molecule has 0 atom stereocenters. The van der Waals surface area contributed by atoms with Crippen LogP contribution in [-0.4, -0.2) is 4.98 Å². The highest BCUT2D eigenvalue weighted by atomic mass is 79.9. The number of halogens is 1. The third-order valence-electron chi connectivity index (χ3n) is 0.901. The predicted molar refractivity (Wildman–Crippen MR) is 40.7 cm³/mol. The van der Waals surface area contributed by atoms with Gasteiger partial charge in [-0.1, -0.05) is 21.0 Å². The third kappa shape index (κ3) is 1.46. The summed E-state index contributed by atoms with van der Waals surface area (Å²) in [4.78, 5) is 6.39. The van der Waals surface area contributed by atoms with Crippen molar-refractivity contribution in [3.05, 3.63) is 33.4 Å². The van der Waals surface area contributed by atoms with E-state index < -0.39 is 0 Å². The highest BCUT2D eigenvalue weighted by Crippen LogP contribution is 2.22. The van der Waals surface area contributed by atoms with Crippen LogP contribution in [0.3, 0.4) is 0 Å². The summed E-state index contributed by atoms with van der Waals surface area (Å²) in [6, 6.07) is 1.71. The first kappa shape index (κ1) is 7.05. The van der Waals surface area contributed by atoms with Crippen molar-refractivity contribution in [2.24, 2.45) is 5.11 Å². The first-order valence-corrected chi connectivity index (χ1v) is 3.28. The van der Waals surface area contributed by atoms with E-state index in [2.05, 4.69) is 30.9 Å². The van der Waals surface area contributed by atoms with E-state index in [9.17, 15) is 0 Å². The summed E-state index contributed by atoms with van der Waals surface area (Å²) in [7, 11) is 0. The number of hydrogen-bond donors (Lipinski definition) is 0. The Balaban J connectivity index is 3.14. The van der Waals surface area contributed by atoms with Crippen LogP contribution in [-0.2, 0) is 0 Å². The van der Waals surface area contributed by atoms with Crippen molar-refractivity contribution in [3.8, 4) is 0 Å². The fraction of sp³-hybridized carbons (Fsp3) is 0. The fourth-order valence-corrected chi connectivity index (χ4v) is 0.791. The summed E-state index contributed by atoms with van der Waals surface area (Å²) >= 11 is 3.19. The van der Waals surface area contributed by atoms with Crippen molar-refractivity contribution in [3.63, 3.8) is 0 Å². The summed E-state index contributed by atoms with van der Waals surface area (Å²) < 4.78 is 0.750. The second-order valence-electron chi connectivity index (χ2n) is 1.52. The Hall–Kier alpha value is -1.06. The molecule has 0 aliphatic heterocycles. The molecule has 0 aliphatic rings. The van der Waals surface area contributed by atoms with Crippen LogP contribution < -0.4 is 0 Å². The maximum absolute atomic E-state index is 8.05. The summed E-state index contributed by atoms with van der Waals surface area (Å²) in [6.07, 6.45) is 3.10. The van der Waals surface area contributed by atoms with Gasteiger partial charge in [-0.15, -0.1) is 0 Å². The number of nitrogens with zero attached hydrogens (tertiary/aromatic N) is 4. The highest BCUT2D eigenvalue weighted by molar-refractivity contribution is 9.10. The maximum atomic E-state index is 8.05. The number of azide groups is 1. The number of pyridine rings is 1. The van der Waals surface area contributed by atoms with Gasteiger partial charge in [-0.2, -0.15) is 0 Å². The van der Waals surface area contributed by atoms with Crippen molar-refractivity contribution in [2.75, 3.05) is 0 Å². The molecule has 0 bridgehead atoms. The molecule has 0 radical (unpaired) electrons. The lowest BCUT2D eigenvalue weighted by atomic mass is 10.4. The largest absolute Gasteiger partial charge is 0.264 e. The van der Waals surface area contributed by atoms with Gasteiger partial charge in [0.15, 0.2) is 0 Å². The smallest absolute Gasteiger partial charge is 0.0700 e. The van der Waals surface area contributed by atoms with E-state index in [1.165, 1.54) is 6.20 Å². The van der Waals surface area contributed by atoms with Gasteiger partial charge in [0, 0.05) is 21.8 Å². The van der Waals surface area contributed by atoms with E-state index >= 15 is 0 Å². The molecule has 1 aromatic rings. The Morgan fingerprint density at radius 1 is 1.70 bits per heavy atom. The Labute approximate surface area is 65.7 Å². The summed E-state index contributed by atoms with van der Waals surface area (Å²) in [5.41, 5.74) is 8.56. The van der Waals surface area contributed by atoms with Gasteiger partial charge < -0.3 is 0 Å². The molecule has 0 amide bonds. The maximum Gasteiger partial charge on any atom is 0.0700 e. The third-order valence-corrected chi connectivity index (χ3v) is 1.57. The van der Waals surface area contributed by atoms with Crippen LogP contribution in [0.25, 0.3) is 10.4 Å². The molecule has 50 valence electrons. The second-order valence-corrected chi connectivity index (χ2v) is 2.37. The SMILES string of the molecule is [N-]=[N+]=Nc1cnccc1Br. The molecule has 0 fully saturated rings. The van der Waals surface area contributed by atoms with Crippen LogP contribution in [0.4, 0.5) is 5.69 Å². The van der Waals surface area contributed by atoms with Crippen molar-refractivity contribution >= 4 is 21.6 Å². The van der Waals surface area contributed by atoms with E-state index in [4.69, 9.17) is 5.53 Å². The molecule has 1 heterocycles. The van der Waals surface area contributed by atoms with Crippen molar-refractivity contribution in [1.82, 2.24) is 4.98 Å². The average Bonchev–Trinajstić information content (AvgIpc) is 1.94. The molecule has 0 aliphatic carbocycles. The highest BCUT2D eigenvalue weighted by Gasteiger charge is 1.92. The van der Waals surface area contributed by atoms with Gasteiger partial charge in [0.05, 0.1) is 5.69 Å². The molecule has 0 aromatic carbocycles. The van der Waals surface area contributed by atoms with Crippen LogP contribution in [0.1, 0.15) is 0 Å². The van der Waals surface area contributed by atoms with E-state index in [1.54, 1.807) is 12.3 Å². The molecule has 4 nitrogen and oxygen atoms in total. The van der Waals surface area contributed by atoms with E-state index in [0.717, 1.165) is 4.47 Å². The zero-order valence-electron chi connectivity index (χ0n) is 4.90. The lowest BCUT2D eigenvalue weighted by Crippen LogP contribution is -1.69. The van der Waals surface area contributed by atoms with Crippen LogP contribution in [0, 0.1) is 0 Å².